The van der Waals surface area contributed by atoms with Crippen LogP contribution in [0.25, 0.3) is 38.5 Å². The van der Waals surface area contributed by atoms with Crippen LogP contribution >= 0.6 is 0 Å². The van der Waals surface area contributed by atoms with E-state index >= 15 is 0 Å². The summed E-state index contributed by atoms with van der Waals surface area (Å²) >= 11 is 0. The molecule has 0 aliphatic heterocycles. The van der Waals surface area contributed by atoms with Crippen LogP contribution in [-0.2, 0) is 5.41 Å². The van der Waals surface area contributed by atoms with Gasteiger partial charge < -0.3 is 9.47 Å². The second-order valence-electron chi connectivity index (χ2n) is 15.8. The van der Waals surface area contributed by atoms with Gasteiger partial charge in [0.25, 0.3) is 0 Å². The van der Waals surface area contributed by atoms with Crippen molar-refractivity contribution in [3.05, 3.63) is 191 Å². The van der Waals surface area contributed by atoms with Crippen molar-refractivity contribution in [3.63, 3.8) is 0 Å². The van der Waals surface area contributed by atoms with Gasteiger partial charge in [0.2, 0.25) is 0 Å². The van der Waals surface area contributed by atoms with E-state index < -0.39 is 0 Å². The van der Waals surface area contributed by atoms with Gasteiger partial charge in [-0.15, -0.1) is 0 Å². The molecule has 53 heavy (non-hydrogen) atoms. The zero-order chi connectivity index (χ0) is 35.5. The second kappa shape index (κ2) is 12.8. The van der Waals surface area contributed by atoms with E-state index in [0.29, 0.717) is 6.04 Å². The Bertz CT molecular complexity index is 2530. The summed E-state index contributed by atoms with van der Waals surface area (Å²) in [5.41, 5.74) is 16.5. The summed E-state index contributed by atoms with van der Waals surface area (Å²) in [7, 11) is 0. The van der Waals surface area contributed by atoms with E-state index in [0.717, 1.165) is 38.5 Å². The zero-order valence-corrected chi connectivity index (χ0v) is 30.8. The molecule has 5 aliphatic rings. The molecule has 260 valence electrons. The molecule has 0 N–H and O–H groups in total. The van der Waals surface area contributed by atoms with Crippen molar-refractivity contribution in [1.82, 2.24) is 4.57 Å². The highest BCUT2D eigenvalue weighted by atomic mass is 15.2. The number of hydrogen-bond donors (Lipinski definition) is 0. The van der Waals surface area contributed by atoms with Gasteiger partial charge in [-0.1, -0.05) is 135 Å². The van der Waals surface area contributed by atoms with Gasteiger partial charge >= 0.3 is 0 Å². The summed E-state index contributed by atoms with van der Waals surface area (Å²) in [5.74, 6) is 0. The Kier molecular flexibility index (Phi) is 7.76. The zero-order valence-electron chi connectivity index (χ0n) is 30.8. The minimum Gasteiger partial charge on any atom is -0.338 e. The predicted molar refractivity (Wildman–Crippen MR) is 225 cm³/mol. The molecule has 0 amide bonds. The number of rotatable bonds is 6. The van der Waals surface area contributed by atoms with E-state index in [1.165, 1.54) is 77.7 Å². The Morgan fingerprint density at radius 1 is 0.679 bits per heavy atom. The minimum atomic E-state index is -0.0165. The SMILES string of the molecule is CC1(C)C2=CC(N(C3=CC=C(C4=CC=CCC4)CC3)c3ccc(-c4ccc5c(c4)c4ccccc4n5C4C=CC=CC4)cc3)CC=C2c2ccccc21. The molecule has 0 spiro atoms. The maximum absolute atomic E-state index is 2.65. The van der Waals surface area contributed by atoms with Crippen LogP contribution in [0.1, 0.15) is 69.5 Å². The molecule has 1 heterocycles. The number of aromatic nitrogens is 1. The van der Waals surface area contributed by atoms with Crippen molar-refractivity contribution in [1.29, 1.82) is 0 Å². The van der Waals surface area contributed by atoms with Gasteiger partial charge in [-0.05, 0) is 119 Å². The number of anilines is 1. The van der Waals surface area contributed by atoms with Gasteiger partial charge in [0, 0.05) is 38.6 Å². The molecule has 5 aliphatic carbocycles. The fraction of sp³-hybridized carbons (Fsp3) is 0.216. The molecule has 2 atom stereocenters. The maximum Gasteiger partial charge on any atom is 0.0560 e. The Balaban J connectivity index is 1.03. The first-order valence-corrected chi connectivity index (χ1v) is 19.6. The molecule has 0 fully saturated rings. The largest absolute Gasteiger partial charge is 0.338 e. The molecule has 2 unspecified atom stereocenters. The quantitative estimate of drug-likeness (QED) is 0.173. The Labute approximate surface area is 313 Å². The van der Waals surface area contributed by atoms with E-state index in [4.69, 9.17) is 0 Å². The van der Waals surface area contributed by atoms with Crippen LogP contribution in [0.15, 0.2) is 180 Å². The van der Waals surface area contributed by atoms with Crippen LogP contribution < -0.4 is 4.90 Å². The van der Waals surface area contributed by atoms with Crippen LogP contribution in [0.2, 0.25) is 0 Å². The average Bonchev–Trinajstić information content (AvgIpc) is 3.67. The van der Waals surface area contributed by atoms with Gasteiger partial charge in [-0.3, -0.25) is 0 Å². The smallest absolute Gasteiger partial charge is 0.0560 e. The third-order valence-electron chi connectivity index (χ3n) is 12.4. The lowest BCUT2D eigenvalue weighted by atomic mass is 9.79. The number of para-hydroxylation sites is 1. The lowest BCUT2D eigenvalue weighted by Gasteiger charge is -2.38. The van der Waals surface area contributed by atoms with E-state index in [9.17, 15) is 0 Å². The lowest BCUT2D eigenvalue weighted by Crippen LogP contribution is -2.35. The van der Waals surface area contributed by atoms with Gasteiger partial charge in [-0.2, -0.15) is 0 Å². The third kappa shape index (κ3) is 5.38. The van der Waals surface area contributed by atoms with Gasteiger partial charge in [-0.25, -0.2) is 0 Å². The summed E-state index contributed by atoms with van der Waals surface area (Å²) in [6, 6.07) is 35.0. The number of nitrogens with zero attached hydrogens (tertiary/aromatic N) is 2. The maximum atomic E-state index is 2.65. The van der Waals surface area contributed by atoms with Crippen molar-refractivity contribution in [2.45, 2.75) is 69.9 Å². The summed E-state index contributed by atoms with van der Waals surface area (Å²) in [5, 5.41) is 2.64. The van der Waals surface area contributed by atoms with Crippen molar-refractivity contribution in [2.75, 3.05) is 4.90 Å². The number of allylic oxidation sites excluding steroid dienone is 14. The molecular formula is C51H46N2. The van der Waals surface area contributed by atoms with E-state index in [2.05, 4.69) is 181 Å². The van der Waals surface area contributed by atoms with Crippen molar-refractivity contribution < 1.29 is 0 Å². The molecule has 0 saturated carbocycles. The molecule has 2 nitrogen and oxygen atoms in total. The highest BCUT2D eigenvalue weighted by molar-refractivity contribution is 6.09. The standard InChI is InChI=1S/C51H46N2/c1-51(2)47-19-11-9-17-43(47)44-31-30-42(34-48(44)51)52(40-26-21-36(22-27-40)35-13-5-3-6-14-35)41-28-23-37(24-29-41)38-25-32-50-46(33-38)45-18-10-12-20-49(45)53(50)39-15-7-4-8-16-39/h3-5,7-13,15,17-21,23-26,28-29,31-34,39,42H,6,14,16,22,27,30H2,1-2H3. The number of fused-ring (bicyclic) bond motifs is 6. The van der Waals surface area contributed by atoms with Crippen molar-refractivity contribution in [3.8, 4) is 11.1 Å². The van der Waals surface area contributed by atoms with Crippen LogP contribution in [0, 0.1) is 0 Å². The molecule has 0 saturated heterocycles. The van der Waals surface area contributed by atoms with Crippen LogP contribution in [0.5, 0.6) is 0 Å². The van der Waals surface area contributed by atoms with Crippen molar-refractivity contribution in [2.24, 2.45) is 0 Å². The van der Waals surface area contributed by atoms with Gasteiger partial charge in [0.15, 0.2) is 0 Å². The summed E-state index contributed by atoms with van der Waals surface area (Å²) in [4.78, 5) is 2.65. The fourth-order valence-corrected chi connectivity index (χ4v) is 9.74. The summed E-state index contributed by atoms with van der Waals surface area (Å²) < 4.78 is 2.53. The van der Waals surface area contributed by atoms with E-state index in [1.807, 2.05) is 0 Å². The monoisotopic (exact) mass is 686 g/mol. The fourth-order valence-electron chi connectivity index (χ4n) is 9.74. The number of benzene rings is 4. The minimum absolute atomic E-state index is 0.0165. The van der Waals surface area contributed by atoms with E-state index in [-0.39, 0.29) is 11.5 Å². The predicted octanol–water partition coefficient (Wildman–Crippen LogP) is 13.3. The average molecular weight is 687 g/mol. The molecule has 1 aromatic heterocycles. The first-order valence-electron chi connectivity index (χ1n) is 19.6. The lowest BCUT2D eigenvalue weighted by molar-refractivity contribution is 0.637. The second-order valence-corrected chi connectivity index (χ2v) is 15.8. The van der Waals surface area contributed by atoms with E-state index in [1.54, 1.807) is 0 Å². The molecule has 10 rings (SSSR count). The highest BCUT2D eigenvalue weighted by Crippen LogP contribution is 2.52. The molecule has 4 aromatic carbocycles. The summed E-state index contributed by atoms with van der Waals surface area (Å²) in [6.07, 6.45) is 32.2. The summed E-state index contributed by atoms with van der Waals surface area (Å²) in [6.45, 7) is 4.80. The first kappa shape index (κ1) is 32.1. The van der Waals surface area contributed by atoms with Crippen LogP contribution in [0.4, 0.5) is 5.69 Å². The Morgan fingerprint density at radius 2 is 1.49 bits per heavy atom. The molecule has 0 bridgehead atoms. The molecule has 2 heteroatoms. The van der Waals surface area contributed by atoms with Gasteiger partial charge in [0.05, 0.1) is 12.1 Å². The molecule has 5 aromatic rings. The van der Waals surface area contributed by atoms with Gasteiger partial charge in [0.1, 0.15) is 0 Å². The van der Waals surface area contributed by atoms with Crippen molar-refractivity contribution >= 4 is 33.1 Å². The normalized spacial score (nSPS) is 21.4. The van der Waals surface area contributed by atoms with Crippen LogP contribution in [-0.4, -0.2) is 10.6 Å². The number of hydrogen-bond acceptors (Lipinski definition) is 1. The Hall–Kier alpha value is -5.60. The topological polar surface area (TPSA) is 8.17 Å². The Morgan fingerprint density at radius 3 is 2.30 bits per heavy atom. The highest BCUT2D eigenvalue weighted by Gasteiger charge is 2.40. The molecule has 0 radical (unpaired) electrons. The van der Waals surface area contributed by atoms with Crippen LogP contribution in [0.3, 0.4) is 0 Å². The first-order chi connectivity index (χ1) is 26.0. The third-order valence-corrected chi connectivity index (χ3v) is 12.4. The molecular weight excluding hydrogens is 641 g/mol.